The Morgan fingerprint density at radius 1 is 1.31 bits per heavy atom. The van der Waals surface area contributed by atoms with Crippen LogP contribution in [0.25, 0.3) is 16.9 Å². The van der Waals surface area contributed by atoms with E-state index in [1.165, 1.54) is 0 Å². The van der Waals surface area contributed by atoms with Gasteiger partial charge in [-0.2, -0.15) is 0 Å². The molecule has 1 unspecified atom stereocenters. The highest BCUT2D eigenvalue weighted by atomic mass is 31.0. The molecule has 3 atom stereocenters. The molecule has 0 saturated carbocycles. The topological polar surface area (TPSA) is 74.8 Å². The van der Waals surface area contributed by atoms with E-state index in [0.29, 0.717) is 17.0 Å². The van der Waals surface area contributed by atoms with Gasteiger partial charge in [-0.3, -0.25) is 8.97 Å². The fourth-order valence-corrected chi connectivity index (χ4v) is 3.50. The molecule has 1 aliphatic heterocycles. The van der Waals surface area contributed by atoms with Crippen LogP contribution in [-0.4, -0.2) is 20.1 Å². The van der Waals surface area contributed by atoms with Crippen LogP contribution in [0.4, 0.5) is 5.69 Å². The van der Waals surface area contributed by atoms with Gasteiger partial charge in [-0.15, -0.1) is 0 Å². The number of hydrogen-bond acceptors (Lipinski definition) is 5. The Bertz CT molecular complexity index is 980. The van der Waals surface area contributed by atoms with Crippen LogP contribution in [0.1, 0.15) is 32.4 Å². The molecule has 1 fully saturated rings. The van der Waals surface area contributed by atoms with E-state index in [1.807, 2.05) is 18.2 Å². The molecule has 0 N–H and O–H groups in total. The Morgan fingerprint density at radius 3 is 2.73 bits per heavy atom. The first-order valence-corrected chi connectivity index (χ1v) is 9.16. The SMILES string of the molecule is CC[C@@H]1CC[C@@H](n2ccc3nc(-c4ccc(N([O-])P)cc4)cn3c2=O)O1. The average Bonchev–Trinajstić information content (AvgIpc) is 3.29. The summed E-state index contributed by atoms with van der Waals surface area (Å²) >= 11 is 0. The summed E-state index contributed by atoms with van der Waals surface area (Å²) in [4.78, 5) is 18.1. The standard InChI is InChI=1S/C18H20N4O3P/c1-2-14-7-8-17(25-14)20-10-9-16-19-15(11-21(16)18(20)23)12-3-5-13(6-4-12)22(24)26/h3-6,9-11,14,17H,2,7-8,26H2,1H3/q-1/t14-,17+/m1/s1. The van der Waals surface area contributed by atoms with Crippen molar-refractivity contribution < 1.29 is 4.74 Å². The Balaban J connectivity index is 1.69. The molecule has 2 aromatic heterocycles. The smallest absolute Gasteiger partial charge is 0.336 e. The molecule has 4 rings (SSSR count). The van der Waals surface area contributed by atoms with Crippen molar-refractivity contribution in [3.63, 3.8) is 0 Å². The van der Waals surface area contributed by atoms with Gasteiger partial charge in [0, 0.05) is 23.6 Å². The number of ether oxygens (including phenoxy) is 1. The first-order chi connectivity index (χ1) is 12.6. The minimum atomic E-state index is -0.216. The molecule has 0 amide bonds. The maximum atomic E-state index is 12.9. The molecule has 7 nitrogen and oxygen atoms in total. The molecule has 136 valence electrons. The van der Waals surface area contributed by atoms with Crippen LogP contribution >= 0.6 is 9.39 Å². The van der Waals surface area contributed by atoms with E-state index in [1.54, 1.807) is 33.5 Å². The van der Waals surface area contributed by atoms with Gasteiger partial charge in [0.05, 0.1) is 11.8 Å². The van der Waals surface area contributed by atoms with Crippen molar-refractivity contribution >= 4 is 20.7 Å². The average molecular weight is 371 g/mol. The number of anilines is 1. The van der Waals surface area contributed by atoms with Crippen molar-refractivity contribution in [2.75, 3.05) is 4.83 Å². The van der Waals surface area contributed by atoms with Crippen LogP contribution in [0.5, 0.6) is 0 Å². The molecular weight excluding hydrogens is 351 g/mol. The van der Waals surface area contributed by atoms with Gasteiger partial charge in [0.1, 0.15) is 11.9 Å². The highest BCUT2D eigenvalue weighted by Crippen LogP contribution is 2.29. The fraction of sp³-hybridized carbons (Fsp3) is 0.333. The van der Waals surface area contributed by atoms with Gasteiger partial charge in [-0.25, -0.2) is 9.78 Å². The van der Waals surface area contributed by atoms with Gasteiger partial charge in [0.15, 0.2) is 0 Å². The molecule has 1 aromatic carbocycles. The van der Waals surface area contributed by atoms with E-state index in [9.17, 15) is 10.0 Å². The third kappa shape index (κ3) is 3.03. The van der Waals surface area contributed by atoms with Crippen LogP contribution in [0, 0.1) is 5.21 Å². The highest BCUT2D eigenvalue weighted by molar-refractivity contribution is 7.19. The summed E-state index contributed by atoms with van der Waals surface area (Å²) < 4.78 is 9.13. The molecule has 0 spiro atoms. The summed E-state index contributed by atoms with van der Waals surface area (Å²) in [5.41, 5.74) is 2.50. The number of hydrogen-bond donors (Lipinski definition) is 0. The lowest BCUT2D eigenvalue weighted by atomic mass is 10.1. The van der Waals surface area contributed by atoms with Crippen molar-refractivity contribution in [3.8, 4) is 11.3 Å². The quantitative estimate of drug-likeness (QED) is 0.519. The molecule has 8 heteroatoms. The van der Waals surface area contributed by atoms with Crippen LogP contribution in [-0.2, 0) is 4.74 Å². The highest BCUT2D eigenvalue weighted by Gasteiger charge is 2.26. The Kier molecular flexibility index (Phi) is 4.53. The number of benzene rings is 1. The zero-order valence-electron chi connectivity index (χ0n) is 14.4. The normalized spacial score (nSPS) is 20.0. The second-order valence-electron chi connectivity index (χ2n) is 6.43. The summed E-state index contributed by atoms with van der Waals surface area (Å²) in [6, 6.07) is 8.89. The monoisotopic (exact) mass is 371 g/mol. The fourth-order valence-electron chi connectivity index (χ4n) is 3.33. The van der Waals surface area contributed by atoms with Crippen LogP contribution < -0.4 is 10.5 Å². The number of rotatable bonds is 4. The molecule has 0 bridgehead atoms. The van der Waals surface area contributed by atoms with Crippen molar-refractivity contribution in [2.24, 2.45) is 0 Å². The molecule has 1 aliphatic rings. The predicted octanol–water partition coefficient (Wildman–Crippen LogP) is 3.34. The lowest BCUT2D eigenvalue weighted by molar-refractivity contribution is -0.00209. The summed E-state index contributed by atoms with van der Waals surface area (Å²) in [5.74, 6) is 0. The number of fused-ring (bicyclic) bond motifs is 1. The second kappa shape index (κ2) is 6.83. The van der Waals surface area contributed by atoms with Crippen LogP contribution in [0.15, 0.2) is 47.5 Å². The van der Waals surface area contributed by atoms with E-state index in [0.717, 1.165) is 29.7 Å². The van der Waals surface area contributed by atoms with E-state index in [4.69, 9.17) is 4.74 Å². The first-order valence-electron chi connectivity index (χ1n) is 8.65. The van der Waals surface area contributed by atoms with E-state index >= 15 is 0 Å². The molecule has 1 saturated heterocycles. The molecule has 26 heavy (non-hydrogen) atoms. The lowest BCUT2D eigenvalue weighted by Gasteiger charge is -2.24. The second-order valence-corrected chi connectivity index (χ2v) is 6.90. The summed E-state index contributed by atoms with van der Waals surface area (Å²) in [7, 11) is 2.08. The molecule has 0 aliphatic carbocycles. The summed E-state index contributed by atoms with van der Waals surface area (Å²) in [5, 5.41) is 11.3. The van der Waals surface area contributed by atoms with Gasteiger partial charge in [-0.05, 0) is 37.5 Å². The zero-order chi connectivity index (χ0) is 18.3. The summed E-state index contributed by atoms with van der Waals surface area (Å²) in [6.07, 6.45) is 6.25. The molecule has 3 aromatic rings. The van der Waals surface area contributed by atoms with Crippen molar-refractivity contribution in [1.82, 2.24) is 14.0 Å². The predicted molar refractivity (Wildman–Crippen MR) is 104 cm³/mol. The number of nitrogens with zero attached hydrogens (tertiary/aromatic N) is 4. The minimum absolute atomic E-state index is 0.157. The Labute approximate surface area is 153 Å². The first kappa shape index (κ1) is 17.2. The Hall–Kier alpha value is -2.21. The van der Waals surface area contributed by atoms with Crippen molar-refractivity contribution in [1.29, 1.82) is 0 Å². The minimum Gasteiger partial charge on any atom is -0.755 e. The maximum absolute atomic E-state index is 12.9. The number of imidazole rings is 1. The van der Waals surface area contributed by atoms with Gasteiger partial charge < -0.3 is 14.8 Å². The number of aromatic nitrogens is 3. The van der Waals surface area contributed by atoms with E-state index < -0.39 is 0 Å². The van der Waals surface area contributed by atoms with Crippen molar-refractivity contribution in [2.45, 2.75) is 38.5 Å². The molecule has 3 heterocycles. The maximum Gasteiger partial charge on any atom is 0.336 e. The largest absolute Gasteiger partial charge is 0.755 e. The van der Waals surface area contributed by atoms with Gasteiger partial charge in [-0.1, -0.05) is 28.4 Å². The molecule has 0 radical (unpaired) electrons. The third-order valence-electron chi connectivity index (χ3n) is 4.81. The van der Waals surface area contributed by atoms with E-state index in [-0.39, 0.29) is 18.0 Å². The summed E-state index contributed by atoms with van der Waals surface area (Å²) in [6.45, 7) is 2.09. The van der Waals surface area contributed by atoms with Gasteiger partial charge in [0.25, 0.3) is 0 Å². The van der Waals surface area contributed by atoms with E-state index in [2.05, 4.69) is 21.3 Å². The van der Waals surface area contributed by atoms with Gasteiger partial charge >= 0.3 is 5.69 Å². The van der Waals surface area contributed by atoms with Crippen LogP contribution in [0.2, 0.25) is 0 Å². The zero-order valence-corrected chi connectivity index (χ0v) is 15.6. The third-order valence-corrected chi connectivity index (χ3v) is 5.11. The Morgan fingerprint density at radius 2 is 2.08 bits per heavy atom. The van der Waals surface area contributed by atoms with Crippen LogP contribution in [0.3, 0.4) is 0 Å². The van der Waals surface area contributed by atoms with Crippen molar-refractivity contribution in [3.05, 3.63) is 58.4 Å². The lowest BCUT2D eigenvalue weighted by Crippen LogP contribution is -2.29. The van der Waals surface area contributed by atoms with Gasteiger partial charge in [0.2, 0.25) is 0 Å². The molecular formula is C18H20N4O3P-.